The molecule has 1 saturated heterocycles. The van der Waals surface area contributed by atoms with Crippen LogP contribution in [0.5, 0.6) is 5.75 Å². The van der Waals surface area contributed by atoms with Crippen LogP contribution in [0.1, 0.15) is 42.9 Å². The number of nitrogens with one attached hydrogen (secondary N) is 7. The van der Waals surface area contributed by atoms with E-state index in [1.807, 2.05) is 30.3 Å². The van der Waals surface area contributed by atoms with Gasteiger partial charge in [0.1, 0.15) is 42.0 Å². The lowest BCUT2D eigenvalue weighted by atomic mass is 10.0. The van der Waals surface area contributed by atoms with E-state index in [4.69, 9.17) is 11.5 Å². The summed E-state index contributed by atoms with van der Waals surface area (Å²) in [5.41, 5.74) is 14.3. The molecule has 6 atom stereocenters. The Morgan fingerprint density at radius 2 is 1.23 bits per heavy atom. The quantitative estimate of drug-likeness (QED) is 0.0703. The highest BCUT2D eigenvalue weighted by molar-refractivity contribution is 8.76. The van der Waals surface area contributed by atoms with Gasteiger partial charge in [0.05, 0.1) is 0 Å². The van der Waals surface area contributed by atoms with Crippen molar-refractivity contribution < 1.29 is 38.7 Å². The van der Waals surface area contributed by atoms with Gasteiger partial charge in [-0.3, -0.25) is 33.6 Å². The third-order valence-electron chi connectivity index (χ3n) is 10.1. The summed E-state index contributed by atoms with van der Waals surface area (Å²) in [7, 11) is 2.24. The summed E-state index contributed by atoms with van der Waals surface area (Å²) in [6, 6.07) is 15.1. The normalized spacial score (nSPS) is 22.3. The number of fused-ring (bicyclic) bond motifs is 1. The zero-order valence-electron chi connectivity index (χ0n) is 34.2. The van der Waals surface area contributed by atoms with Crippen molar-refractivity contribution in [3.63, 3.8) is 0 Å². The Morgan fingerprint density at radius 1 is 0.677 bits per heavy atom. The Morgan fingerprint density at radius 3 is 1.87 bits per heavy atom. The fourth-order valence-corrected chi connectivity index (χ4v) is 9.19. The molecule has 62 heavy (non-hydrogen) atoms. The molecule has 0 unspecified atom stereocenters. The Kier molecular flexibility index (Phi) is 17.6. The summed E-state index contributed by atoms with van der Waals surface area (Å²) < 4.78 is 0. The Labute approximate surface area is 366 Å². The second kappa shape index (κ2) is 23.2. The van der Waals surface area contributed by atoms with E-state index in [0.717, 1.165) is 32.5 Å². The maximum Gasteiger partial charge on any atom is 0.244 e. The predicted octanol–water partition coefficient (Wildman–Crippen LogP) is 0.839. The average molecular weight is 888 g/mol. The van der Waals surface area contributed by atoms with E-state index in [0.29, 0.717) is 36.1 Å². The number of benzene rings is 3. The molecule has 2 heterocycles. The first kappa shape index (κ1) is 47.0. The minimum Gasteiger partial charge on any atom is -0.508 e. The van der Waals surface area contributed by atoms with Gasteiger partial charge in [-0.05, 0) is 60.7 Å². The minimum absolute atomic E-state index is 0.00808. The number of aromatic nitrogens is 1. The number of aromatic amines is 1. The first-order valence-electron chi connectivity index (χ1n) is 20.2. The number of rotatable bonds is 12. The maximum atomic E-state index is 14.5. The summed E-state index contributed by atoms with van der Waals surface area (Å²) in [6.07, 6.45) is 2.73. The number of unbranched alkanes of at least 4 members (excludes halogenated alkanes) is 1. The van der Waals surface area contributed by atoms with Crippen LogP contribution < -0.4 is 43.4 Å². The number of amides is 7. The summed E-state index contributed by atoms with van der Waals surface area (Å²) in [6.45, 7) is 1.56. The molecule has 0 radical (unpaired) electrons. The second-order valence-electron chi connectivity index (χ2n) is 14.9. The van der Waals surface area contributed by atoms with Crippen LogP contribution >= 0.6 is 21.6 Å². The first-order valence-corrected chi connectivity index (χ1v) is 22.7. The van der Waals surface area contributed by atoms with Crippen LogP contribution in [0.25, 0.3) is 10.9 Å². The lowest BCUT2D eigenvalue weighted by molar-refractivity contribution is -0.135. The number of hydrogen-bond acceptors (Lipinski definition) is 11. The number of nitrogens with two attached hydrogens (primary N) is 2. The molecule has 3 aromatic carbocycles. The van der Waals surface area contributed by atoms with E-state index in [1.165, 1.54) is 19.1 Å². The van der Waals surface area contributed by atoms with Crippen molar-refractivity contribution in [2.75, 3.05) is 18.1 Å². The molecule has 4 aromatic rings. The SMILES string of the molecule is CC(=O)N[C@H]1CSSC[C@@H](C(N)=O)NC(=O)[C@H](Cc2ccc(O)cc2)NC(=O)[C@H](CCCCN)NC(=O)[C@H](Cc2c[nH]c3ccccc23)NC(=O)[C@@H](Cc2ccccc2)NC1=O. The van der Waals surface area contributed by atoms with Gasteiger partial charge in [0.15, 0.2) is 0 Å². The molecule has 5 rings (SSSR count). The zero-order valence-corrected chi connectivity index (χ0v) is 35.8. The molecule has 0 spiro atoms. The molecule has 1 aliphatic heterocycles. The molecule has 17 nitrogen and oxygen atoms in total. The molecular weight excluding hydrogens is 835 g/mol. The summed E-state index contributed by atoms with van der Waals surface area (Å²) in [5, 5.41) is 27.2. The third kappa shape index (κ3) is 14.0. The number of aromatic hydroxyl groups is 1. The van der Waals surface area contributed by atoms with Gasteiger partial charge in [-0.25, -0.2) is 0 Å². The fraction of sp³-hybridized carbons (Fsp3) is 0.372. The smallest absolute Gasteiger partial charge is 0.244 e. The largest absolute Gasteiger partial charge is 0.508 e. The number of phenolic OH excluding ortho intramolecular Hbond substituents is 1. The molecule has 12 N–H and O–H groups in total. The molecule has 0 saturated carbocycles. The van der Waals surface area contributed by atoms with E-state index in [2.05, 4.69) is 36.9 Å². The molecule has 7 amide bonds. The van der Waals surface area contributed by atoms with Crippen molar-refractivity contribution in [2.45, 2.75) is 81.7 Å². The van der Waals surface area contributed by atoms with Crippen molar-refractivity contribution in [1.82, 2.24) is 36.9 Å². The topological polar surface area (TPSA) is 280 Å². The van der Waals surface area contributed by atoms with Crippen molar-refractivity contribution in [3.8, 4) is 5.75 Å². The number of para-hydroxylation sites is 1. The van der Waals surface area contributed by atoms with Crippen molar-refractivity contribution in [3.05, 3.63) is 102 Å². The maximum absolute atomic E-state index is 14.5. The van der Waals surface area contributed by atoms with Crippen LogP contribution in [0.4, 0.5) is 0 Å². The van der Waals surface area contributed by atoms with E-state index >= 15 is 0 Å². The lowest BCUT2D eigenvalue weighted by Gasteiger charge is -2.28. The van der Waals surface area contributed by atoms with Crippen LogP contribution in [-0.4, -0.2) is 106 Å². The van der Waals surface area contributed by atoms with Gasteiger partial charge in [-0.2, -0.15) is 0 Å². The highest BCUT2D eigenvalue weighted by Gasteiger charge is 2.34. The van der Waals surface area contributed by atoms with E-state index in [-0.39, 0.29) is 42.9 Å². The van der Waals surface area contributed by atoms with Crippen LogP contribution in [0.15, 0.2) is 85.1 Å². The number of primary amides is 1. The lowest BCUT2D eigenvalue weighted by Crippen LogP contribution is -2.60. The van der Waals surface area contributed by atoms with Crippen LogP contribution in [0.2, 0.25) is 0 Å². The molecule has 330 valence electrons. The monoisotopic (exact) mass is 887 g/mol. The van der Waals surface area contributed by atoms with E-state index in [1.54, 1.807) is 42.6 Å². The van der Waals surface area contributed by atoms with Crippen LogP contribution in [0.3, 0.4) is 0 Å². The Bertz CT molecular complexity index is 2190. The third-order valence-corrected chi connectivity index (χ3v) is 12.6. The minimum atomic E-state index is -1.28. The molecular formula is C43H53N9O8S2. The van der Waals surface area contributed by atoms with Gasteiger partial charge in [0.2, 0.25) is 41.4 Å². The number of carbonyl (C=O) groups excluding carboxylic acids is 7. The Balaban J connectivity index is 1.55. The van der Waals surface area contributed by atoms with E-state index < -0.39 is 77.6 Å². The van der Waals surface area contributed by atoms with Gasteiger partial charge >= 0.3 is 0 Å². The van der Waals surface area contributed by atoms with E-state index in [9.17, 15) is 38.7 Å². The average Bonchev–Trinajstić information content (AvgIpc) is 3.66. The molecule has 19 heteroatoms. The van der Waals surface area contributed by atoms with Crippen molar-refractivity contribution in [2.24, 2.45) is 11.5 Å². The van der Waals surface area contributed by atoms with Crippen LogP contribution in [0, 0.1) is 0 Å². The molecule has 1 aromatic heterocycles. The predicted molar refractivity (Wildman–Crippen MR) is 238 cm³/mol. The van der Waals surface area contributed by atoms with Gasteiger partial charge < -0.3 is 53.5 Å². The summed E-state index contributed by atoms with van der Waals surface area (Å²) >= 11 is 0. The summed E-state index contributed by atoms with van der Waals surface area (Å²) in [4.78, 5) is 99.3. The Hall–Kier alpha value is -6.05. The number of carbonyl (C=O) groups is 7. The number of phenols is 1. The molecule has 1 aliphatic rings. The van der Waals surface area contributed by atoms with Gasteiger partial charge in [0.25, 0.3) is 0 Å². The highest BCUT2D eigenvalue weighted by atomic mass is 33.1. The molecule has 0 bridgehead atoms. The van der Waals surface area contributed by atoms with Gasteiger partial charge in [0, 0.05) is 54.8 Å². The second-order valence-corrected chi connectivity index (χ2v) is 17.5. The van der Waals surface area contributed by atoms with Gasteiger partial charge in [-0.1, -0.05) is 82.3 Å². The van der Waals surface area contributed by atoms with Crippen molar-refractivity contribution in [1.29, 1.82) is 0 Å². The first-order chi connectivity index (χ1) is 29.8. The van der Waals surface area contributed by atoms with Crippen molar-refractivity contribution >= 4 is 73.8 Å². The zero-order chi connectivity index (χ0) is 44.6. The molecule has 0 aliphatic carbocycles. The number of hydrogen-bond donors (Lipinski definition) is 10. The molecule has 1 fully saturated rings. The highest BCUT2D eigenvalue weighted by Crippen LogP contribution is 2.24. The van der Waals surface area contributed by atoms with Gasteiger partial charge in [-0.15, -0.1) is 0 Å². The fourth-order valence-electron chi connectivity index (χ4n) is 6.84. The standard InChI is InChI=1S/C43H53N9O8S2/c1-25(53)47-37-24-62-61-23-36(38(45)55)52-41(58)34(20-27-14-16-29(54)17-15-27)49-39(56)32(13-7-8-18-44)48-42(59)35(21-28-22-46-31-12-6-5-11-30(28)31)51-40(57)33(50-43(37)60)19-26-9-3-2-4-10-26/h2-6,9-12,14-17,22,32-37,46,54H,7-8,13,18-21,23-24,44H2,1H3,(H2,45,55)(H,47,53)(H,48,59)(H,49,56)(H,50,60)(H,51,57)(H,52,58)/t32-,33+,34-,35-,36-,37-/m0/s1. The summed E-state index contributed by atoms with van der Waals surface area (Å²) in [5.74, 6) is -4.97. The number of H-pyrrole nitrogens is 1. The van der Waals surface area contributed by atoms with Crippen LogP contribution in [-0.2, 0) is 52.8 Å².